The topological polar surface area (TPSA) is 25.4 Å². The second kappa shape index (κ2) is 5.08. The summed E-state index contributed by atoms with van der Waals surface area (Å²) in [6.07, 6.45) is 3.86. The summed E-state index contributed by atoms with van der Waals surface area (Å²) in [6, 6.07) is 6.00. The molecule has 0 amide bonds. The third-order valence-electron chi connectivity index (χ3n) is 3.21. The van der Waals surface area contributed by atoms with Crippen LogP contribution in [0.1, 0.15) is 10.4 Å². The Morgan fingerprint density at radius 3 is 2.78 bits per heavy atom. The number of aryl methyl sites for hydroxylation is 1. The van der Waals surface area contributed by atoms with Gasteiger partial charge >= 0.3 is 0 Å². The molecule has 0 unspecified atom stereocenters. The number of aromatic nitrogens is 1. The first-order chi connectivity index (χ1) is 8.81. The minimum absolute atomic E-state index is 0.327. The Morgan fingerprint density at radius 2 is 2.11 bits per heavy atom. The fourth-order valence-corrected chi connectivity index (χ4v) is 3.05. The van der Waals surface area contributed by atoms with E-state index in [0.29, 0.717) is 6.10 Å². The molecular weight excluding hydrogens is 244 g/mol. The molecule has 1 aliphatic rings. The van der Waals surface area contributed by atoms with Gasteiger partial charge in [-0.1, -0.05) is 0 Å². The van der Waals surface area contributed by atoms with Gasteiger partial charge in [-0.05, 0) is 36.1 Å². The second-order valence-electron chi connectivity index (χ2n) is 4.64. The van der Waals surface area contributed by atoms with Crippen LogP contribution >= 0.6 is 11.3 Å². The van der Waals surface area contributed by atoms with Gasteiger partial charge < -0.3 is 4.74 Å². The van der Waals surface area contributed by atoms with Crippen molar-refractivity contribution < 1.29 is 4.74 Å². The van der Waals surface area contributed by atoms with Crippen LogP contribution in [0.5, 0.6) is 5.75 Å². The number of thiophene rings is 1. The van der Waals surface area contributed by atoms with E-state index in [0.717, 1.165) is 25.4 Å². The molecule has 18 heavy (non-hydrogen) atoms. The van der Waals surface area contributed by atoms with Crippen LogP contribution in [0.3, 0.4) is 0 Å². The quantitative estimate of drug-likeness (QED) is 0.845. The SMILES string of the molecule is Cc1ccsc1CN1CC(Oc2ccncc2)C1. The molecule has 0 aliphatic carbocycles. The third-order valence-corrected chi connectivity index (χ3v) is 4.22. The van der Waals surface area contributed by atoms with Crippen LogP contribution in [0, 0.1) is 6.92 Å². The highest BCUT2D eigenvalue weighted by Crippen LogP contribution is 2.23. The van der Waals surface area contributed by atoms with Crippen LogP contribution in [-0.4, -0.2) is 29.1 Å². The fourth-order valence-electron chi connectivity index (χ4n) is 2.10. The lowest BCUT2D eigenvalue weighted by Gasteiger charge is -2.38. The van der Waals surface area contributed by atoms with Gasteiger partial charge in [-0.25, -0.2) is 0 Å². The lowest BCUT2D eigenvalue weighted by Crippen LogP contribution is -2.53. The molecule has 1 saturated heterocycles. The molecule has 3 heterocycles. The van der Waals surface area contributed by atoms with Gasteiger partial charge in [0.05, 0.1) is 0 Å². The zero-order chi connectivity index (χ0) is 12.4. The highest BCUT2D eigenvalue weighted by molar-refractivity contribution is 7.10. The van der Waals surface area contributed by atoms with Crippen molar-refractivity contribution in [2.75, 3.05) is 13.1 Å². The van der Waals surface area contributed by atoms with Crippen LogP contribution in [-0.2, 0) is 6.54 Å². The predicted molar refractivity (Wildman–Crippen MR) is 73.0 cm³/mol. The molecule has 3 nitrogen and oxygen atoms in total. The zero-order valence-electron chi connectivity index (χ0n) is 10.4. The largest absolute Gasteiger partial charge is 0.488 e. The molecule has 0 radical (unpaired) electrons. The van der Waals surface area contributed by atoms with Crippen molar-refractivity contribution in [2.45, 2.75) is 19.6 Å². The van der Waals surface area contributed by atoms with Crippen LogP contribution in [0.25, 0.3) is 0 Å². The van der Waals surface area contributed by atoms with Gasteiger partial charge in [0.15, 0.2) is 0 Å². The van der Waals surface area contributed by atoms with E-state index in [1.165, 1.54) is 10.4 Å². The molecule has 0 saturated carbocycles. The average molecular weight is 260 g/mol. The van der Waals surface area contributed by atoms with Gasteiger partial charge in [-0.3, -0.25) is 9.88 Å². The minimum Gasteiger partial charge on any atom is -0.488 e. The summed E-state index contributed by atoms with van der Waals surface area (Å²) in [4.78, 5) is 7.87. The number of hydrogen-bond acceptors (Lipinski definition) is 4. The molecule has 94 valence electrons. The number of ether oxygens (including phenoxy) is 1. The van der Waals surface area contributed by atoms with Crippen molar-refractivity contribution in [1.82, 2.24) is 9.88 Å². The fraction of sp³-hybridized carbons (Fsp3) is 0.357. The molecule has 4 heteroatoms. The Kier molecular flexibility index (Phi) is 3.30. The number of rotatable bonds is 4. The van der Waals surface area contributed by atoms with Crippen molar-refractivity contribution in [2.24, 2.45) is 0 Å². The normalized spacial score (nSPS) is 16.5. The van der Waals surface area contributed by atoms with Crippen LogP contribution in [0.2, 0.25) is 0 Å². The molecule has 0 atom stereocenters. The number of hydrogen-bond donors (Lipinski definition) is 0. The van der Waals surface area contributed by atoms with Crippen LogP contribution in [0.4, 0.5) is 0 Å². The third kappa shape index (κ3) is 2.54. The van der Waals surface area contributed by atoms with E-state index in [2.05, 4.69) is 28.3 Å². The second-order valence-corrected chi connectivity index (χ2v) is 5.64. The van der Waals surface area contributed by atoms with Gasteiger partial charge in [0, 0.05) is 36.9 Å². The highest BCUT2D eigenvalue weighted by atomic mass is 32.1. The number of pyridine rings is 1. The smallest absolute Gasteiger partial charge is 0.124 e. The lowest BCUT2D eigenvalue weighted by molar-refractivity contribution is 0.0150. The molecule has 1 fully saturated rings. The number of nitrogens with zero attached hydrogens (tertiary/aromatic N) is 2. The van der Waals surface area contributed by atoms with E-state index >= 15 is 0 Å². The first-order valence-electron chi connectivity index (χ1n) is 6.13. The Labute approximate surface area is 111 Å². The van der Waals surface area contributed by atoms with Crippen molar-refractivity contribution in [1.29, 1.82) is 0 Å². The summed E-state index contributed by atoms with van der Waals surface area (Å²) in [6.45, 7) is 5.26. The summed E-state index contributed by atoms with van der Waals surface area (Å²) >= 11 is 1.84. The monoisotopic (exact) mass is 260 g/mol. The molecule has 1 aliphatic heterocycles. The summed E-state index contributed by atoms with van der Waals surface area (Å²) in [7, 11) is 0. The number of likely N-dealkylation sites (tertiary alicyclic amines) is 1. The maximum Gasteiger partial charge on any atom is 0.124 e. The Morgan fingerprint density at radius 1 is 1.33 bits per heavy atom. The van der Waals surface area contributed by atoms with Gasteiger partial charge in [0.2, 0.25) is 0 Å². The molecule has 2 aromatic heterocycles. The molecule has 0 bridgehead atoms. The van der Waals surface area contributed by atoms with Crippen molar-refractivity contribution >= 4 is 11.3 Å². The standard InChI is InChI=1S/C14H16N2OS/c1-11-4-7-18-14(11)10-16-8-13(9-16)17-12-2-5-15-6-3-12/h2-7,13H,8-10H2,1H3. The minimum atomic E-state index is 0.327. The molecule has 0 spiro atoms. The molecule has 2 aromatic rings. The van der Waals surface area contributed by atoms with Crippen LogP contribution < -0.4 is 4.74 Å². The maximum atomic E-state index is 5.85. The summed E-state index contributed by atoms with van der Waals surface area (Å²) in [5, 5.41) is 2.16. The van der Waals surface area contributed by atoms with Gasteiger partial charge in [0.25, 0.3) is 0 Å². The predicted octanol–water partition coefficient (Wildman–Crippen LogP) is 2.71. The van der Waals surface area contributed by atoms with Crippen molar-refractivity contribution in [3.63, 3.8) is 0 Å². The van der Waals surface area contributed by atoms with Crippen LogP contribution in [0.15, 0.2) is 36.0 Å². The van der Waals surface area contributed by atoms with E-state index in [-0.39, 0.29) is 0 Å². The Hall–Kier alpha value is -1.39. The highest BCUT2D eigenvalue weighted by Gasteiger charge is 2.28. The van der Waals surface area contributed by atoms with Gasteiger partial charge in [-0.2, -0.15) is 0 Å². The summed E-state index contributed by atoms with van der Waals surface area (Å²) in [5.74, 6) is 0.918. The Balaban J connectivity index is 1.48. The Bertz CT molecular complexity index is 506. The van der Waals surface area contributed by atoms with E-state index in [1.807, 2.05) is 23.5 Å². The maximum absolute atomic E-state index is 5.85. The van der Waals surface area contributed by atoms with E-state index in [9.17, 15) is 0 Å². The van der Waals surface area contributed by atoms with Gasteiger partial charge in [0.1, 0.15) is 11.9 Å². The van der Waals surface area contributed by atoms with Crippen molar-refractivity contribution in [3.8, 4) is 5.75 Å². The van der Waals surface area contributed by atoms with E-state index in [4.69, 9.17) is 4.74 Å². The zero-order valence-corrected chi connectivity index (χ0v) is 11.2. The summed E-state index contributed by atoms with van der Waals surface area (Å²) < 4.78 is 5.85. The average Bonchev–Trinajstić information content (AvgIpc) is 2.74. The van der Waals surface area contributed by atoms with E-state index in [1.54, 1.807) is 12.4 Å². The van der Waals surface area contributed by atoms with Crippen molar-refractivity contribution in [3.05, 3.63) is 46.4 Å². The van der Waals surface area contributed by atoms with E-state index < -0.39 is 0 Å². The molecule has 0 N–H and O–H groups in total. The molecule has 0 aromatic carbocycles. The molecule has 3 rings (SSSR count). The lowest BCUT2D eigenvalue weighted by atomic mass is 10.1. The first kappa shape index (κ1) is 11.7. The first-order valence-corrected chi connectivity index (χ1v) is 7.01. The van der Waals surface area contributed by atoms with Gasteiger partial charge in [-0.15, -0.1) is 11.3 Å². The molecular formula is C14H16N2OS. The summed E-state index contributed by atoms with van der Waals surface area (Å²) in [5.41, 5.74) is 1.40.